The molecule has 2 N–H and O–H groups in total. The third-order valence-corrected chi connectivity index (χ3v) is 6.60. The average Bonchev–Trinajstić information content (AvgIpc) is 3.38. The van der Waals surface area contributed by atoms with E-state index in [9.17, 15) is 14.7 Å². The van der Waals surface area contributed by atoms with Crippen molar-refractivity contribution in [2.24, 2.45) is 0 Å². The number of H-pyrrole nitrogens is 1. The molecule has 5 rings (SSSR count). The molecule has 0 radical (unpaired) electrons. The van der Waals surface area contributed by atoms with Crippen molar-refractivity contribution in [2.45, 2.75) is 32.9 Å². The minimum atomic E-state index is -0.984. The second-order valence-corrected chi connectivity index (χ2v) is 8.54. The fourth-order valence-corrected chi connectivity index (χ4v) is 4.89. The van der Waals surface area contributed by atoms with Crippen molar-refractivity contribution in [3.05, 3.63) is 106 Å². The summed E-state index contributed by atoms with van der Waals surface area (Å²) in [6.07, 6.45) is 1.99. The molecular weight excluding hydrogens is 414 g/mol. The molecular formula is C27H25N3O3. The van der Waals surface area contributed by atoms with Crippen molar-refractivity contribution in [3.63, 3.8) is 0 Å². The summed E-state index contributed by atoms with van der Waals surface area (Å²) in [7, 11) is 0. The monoisotopic (exact) mass is 439 g/mol. The van der Waals surface area contributed by atoms with E-state index in [1.54, 1.807) is 22.8 Å². The van der Waals surface area contributed by atoms with E-state index in [1.165, 1.54) is 0 Å². The molecule has 2 unspecified atom stereocenters. The van der Waals surface area contributed by atoms with Crippen LogP contribution in [0.2, 0.25) is 0 Å². The maximum absolute atomic E-state index is 13.9. The molecule has 0 saturated heterocycles. The molecule has 6 heteroatoms. The minimum absolute atomic E-state index is 0.125. The topological polar surface area (TPSA) is 80.0 Å². The van der Waals surface area contributed by atoms with Gasteiger partial charge in [0.2, 0.25) is 0 Å². The number of aromatic amines is 1. The number of rotatable bonds is 5. The van der Waals surface area contributed by atoms with Crippen LogP contribution in [-0.4, -0.2) is 25.2 Å². The molecule has 2 aromatic heterocycles. The molecule has 5 aromatic rings. The molecule has 0 aliphatic heterocycles. The summed E-state index contributed by atoms with van der Waals surface area (Å²) in [5, 5.41) is 10.5. The molecule has 166 valence electrons. The first-order chi connectivity index (χ1) is 15.9. The quantitative estimate of drug-likeness (QED) is 0.379. The Balaban J connectivity index is 1.71. The highest BCUT2D eigenvalue weighted by Gasteiger charge is 2.24. The summed E-state index contributed by atoms with van der Waals surface area (Å²) in [5.41, 5.74) is 5.79. The number of carboxylic acids is 1. The van der Waals surface area contributed by atoms with E-state index in [0.29, 0.717) is 0 Å². The van der Waals surface area contributed by atoms with Gasteiger partial charge in [-0.05, 0) is 62.2 Å². The van der Waals surface area contributed by atoms with Gasteiger partial charge >= 0.3 is 11.7 Å². The fourth-order valence-electron chi connectivity index (χ4n) is 4.89. The molecule has 2 atom stereocenters. The normalized spacial score (nSPS) is 13.4. The standard InChI is InChI=1S/C27H25N3O3/c1-16-8-6-11-22-25(16)21(15-28-22)18(3)30-24-13-5-4-12-23(24)29(27(30)33)17(2)19-9-7-10-20(14-19)26(31)32/h4-15,17-18,28H,1-3H3,(H,31,32). The first-order valence-electron chi connectivity index (χ1n) is 11.0. The second kappa shape index (κ2) is 7.81. The maximum atomic E-state index is 13.9. The molecule has 0 amide bonds. The predicted octanol–water partition coefficient (Wildman–Crippen LogP) is 5.51. The third kappa shape index (κ3) is 3.26. The molecule has 0 fully saturated rings. The summed E-state index contributed by atoms with van der Waals surface area (Å²) in [6.45, 7) is 6.05. The van der Waals surface area contributed by atoms with E-state index in [2.05, 4.69) is 18.0 Å². The maximum Gasteiger partial charge on any atom is 0.335 e. The summed E-state index contributed by atoms with van der Waals surface area (Å²) >= 11 is 0. The number of benzene rings is 3. The largest absolute Gasteiger partial charge is 0.478 e. The van der Waals surface area contributed by atoms with Crippen LogP contribution in [-0.2, 0) is 0 Å². The van der Waals surface area contributed by atoms with Gasteiger partial charge in [-0.3, -0.25) is 9.13 Å². The first kappa shape index (κ1) is 20.8. The predicted molar refractivity (Wildman–Crippen MR) is 130 cm³/mol. The van der Waals surface area contributed by atoms with Crippen LogP contribution < -0.4 is 5.69 Å². The van der Waals surface area contributed by atoms with Crippen molar-refractivity contribution in [1.82, 2.24) is 14.1 Å². The Kier molecular flexibility index (Phi) is 4.93. The van der Waals surface area contributed by atoms with E-state index < -0.39 is 5.97 Å². The van der Waals surface area contributed by atoms with Gasteiger partial charge in [0.05, 0.1) is 28.7 Å². The number of para-hydroxylation sites is 2. The van der Waals surface area contributed by atoms with Crippen molar-refractivity contribution < 1.29 is 9.90 Å². The van der Waals surface area contributed by atoms with Gasteiger partial charge in [-0.1, -0.05) is 36.4 Å². The number of nitrogens with zero attached hydrogens (tertiary/aromatic N) is 2. The zero-order chi connectivity index (χ0) is 23.3. The number of fused-ring (bicyclic) bond motifs is 2. The number of hydrogen-bond donors (Lipinski definition) is 2. The lowest BCUT2D eigenvalue weighted by atomic mass is 10.0. The van der Waals surface area contributed by atoms with E-state index in [1.807, 2.05) is 67.1 Å². The van der Waals surface area contributed by atoms with Crippen LogP contribution in [0.25, 0.3) is 21.9 Å². The van der Waals surface area contributed by atoms with Crippen LogP contribution in [0.1, 0.15) is 53.0 Å². The summed E-state index contributed by atoms with van der Waals surface area (Å²) in [6, 6.07) is 20.2. The number of nitrogens with one attached hydrogen (secondary N) is 1. The highest BCUT2D eigenvalue weighted by atomic mass is 16.4. The van der Waals surface area contributed by atoms with Gasteiger partial charge in [0, 0.05) is 22.7 Å². The number of aryl methyl sites for hydroxylation is 1. The van der Waals surface area contributed by atoms with E-state index >= 15 is 0 Å². The molecule has 33 heavy (non-hydrogen) atoms. The Hall–Kier alpha value is -4.06. The molecule has 0 aliphatic rings. The van der Waals surface area contributed by atoms with Gasteiger partial charge in [0.25, 0.3) is 0 Å². The summed E-state index contributed by atoms with van der Waals surface area (Å²) in [5.74, 6) is -0.984. The number of imidazole rings is 1. The van der Waals surface area contributed by atoms with E-state index in [4.69, 9.17) is 0 Å². The van der Waals surface area contributed by atoms with Gasteiger partial charge < -0.3 is 10.1 Å². The number of aromatic nitrogens is 3. The average molecular weight is 440 g/mol. The van der Waals surface area contributed by atoms with Crippen LogP contribution in [0.5, 0.6) is 0 Å². The van der Waals surface area contributed by atoms with Crippen LogP contribution in [0.3, 0.4) is 0 Å². The second-order valence-electron chi connectivity index (χ2n) is 8.54. The Morgan fingerprint density at radius 3 is 2.27 bits per heavy atom. The molecule has 3 aromatic carbocycles. The van der Waals surface area contributed by atoms with Gasteiger partial charge in [0.15, 0.2) is 0 Å². The van der Waals surface area contributed by atoms with Gasteiger partial charge in [-0.15, -0.1) is 0 Å². The molecule has 0 aliphatic carbocycles. The van der Waals surface area contributed by atoms with Crippen molar-refractivity contribution in [1.29, 1.82) is 0 Å². The zero-order valence-corrected chi connectivity index (χ0v) is 18.7. The first-order valence-corrected chi connectivity index (χ1v) is 11.0. The molecule has 6 nitrogen and oxygen atoms in total. The smallest absolute Gasteiger partial charge is 0.335 e. The lowest BCUT2D eigenvalue weighted by Gasteiger charge is -2.16. The SMILES string of the molecule is Cc1cccc2[nH]cc(C(C)n3c(=O)n(C(C)c4cccc(C(=O)O)c4)c4ccccc43)c12. The minimum Gasteiger partial charge on any atom is -0.478 e. The van der Waals surface area contributed by atoms with Gasteiger partial charge in [-0.25, -0.2) is 9.59 Å². The van der Waals surface area contributed by atoms with Crippen molar-refractivity contribution in [3.8, 4) is 0 Å². The number of hydrogen-bond acceptors (Lipinski definition) is 2. The fraction of sp³-hybridized carbons (Fsp3) is 0.185. The Morgan fingerprint density at radius 2 is 1.58 bits per heavy atom. The number of carboxylic acid groups (broad SMARTS) is 1. The van der Waals surface area contributed by atoms with Crippen LogP contribution in [0.4, 0.5) is 0 Å². The van der Waals surface area contributed by atoms with Crippen molar-refractivity contribution in [2.75, 3.05) is 0 Å². The highest BCUT2D eigenvalue weighted by Crippen LogP contribution is 2.32. The Morgan fingerprint density at radius 1 is 0.909 bits per heavy atom. The highest BCUT2D eigenvalue weighted by molar-refractivity contribution is 5.88. The van der Waals surface area contributed by atoms with Crippen molar-refractivity contribution >= 4 is 27.9 Å². The Labute approximate surface area is 190 Å². The van der Waals surface area contributed by atoms with Gasteiger partial charge in [-0.2, -0.15) is 0 Å². The molecule has 0 spiro atoms. The number of aromatic carboxylic acids is 1. The Bertz CT molecular complexity index is 1570. The summed E-state index contributed by atoms with van der Waals surface area (Å²) in [4.78, 5) is 28.7. The number of carbonyl (C=O) groups is 1. The lowest BCUT2D eigenvalue weighted by Crippen LogP contribution is -2.29. The molecule has 0 saturated carbocycles. The van der Waals surface area contributed by atoms with Crippen LogP contribution >= 0.6 is 0 Å². The van der Waals surface area contributed by atoms with E-state index in [-0.39, 0.29) is 23.3 Å². The molecule has 0 bridgehead atoms. The van der Waals surface area contributed by atoms with Crippen LogP contribution in [0.15, 0.2) is 77.7 Å². The molecule has 2 heterocycles. The van der Waals surface area contributed by atoms with Gasteiger partial charge in [0.1, 0.15) is 0 Å². The zero-order valence-electron chi connectivity index (χ0n) is 18.7. The van der Waals surface area contributed by atoms with E-state index in [0.717, 1.165) is 38.6 Å². The lowest BCUT2D eigenvalue weighted by molar-refractivity contribution is 0.0696. The summed E-state index contributed by atoms with van der Waals surface area (Å²) < 4.78 is 3.59. The van der Waals surface area contributed by atoms with Crippen LogP contribution in [0, 0.1) is 6.92 Å². The third-order valence-electron chi connectivity index (χ3n) is 6.60.